The minimum atomic E-state index is -3.84. The van der Waals surface area contributed by atoms with Crippen molar-refractivity contribution in [3.05, 3.63) is 77.9 Å². The molecule has 0 radical (unpaired) electrons. The van der Waals surface area contributed by atoms with Crippen molar-refractivity contribution in [3.8, 4) is 17.4 Å². The summed E-state index contributed by atoms with van der Waals surface area (Å²) in [4.78, 5) is 19.9. The number of rotatable bonds is 9. The highest BCUT2D eigenvalue weighted by molar-refractivity contribution is 7.92. The summed E-state index contributed by atoms with van der Waals surface area (Å²) in [7, 11) is -0.778. The summed E-state index contributed by atoms with van der Waals surface area (Å²) in [6.45, 7) is 2.89. The molecule has 0 bridgehead atoms. The predicted octanol–water partition coefficient (Wildman–Crippen LogP) is 4.09. The summed E-state index contributed by atoms with van der Waals surface area (Å²) in [5.74, 6) is 0.107. The van der Waals surface area contributed by atoms with E-state index in [-0.39, 0.29) is 11.6 Å². The van der Waals surface area contributed by atoms with Gasteiger partial charge in [-0.05, 0) is 44.2 Å². The van der Waals surface area contributed by atoms with Crippen molar-refractivity contribution in [2.75, 3.05) is 24.8 Å². The van der Waals surface area contributed by atoms with Crippen LogP contribution in [0.25, 0.3) is 10.9 Å². The lowest BCUT2D eigenvalue weighted by Gasteiger charge is -2.35. The Kier molecular flexibility index (Phi) is 7.29. The van der Waals surface area contributed by atoms with Crippen molar-refractivity contribution >= 4 is 43.9 Å². The molecule has 4 aromatic rings. The number of carbonyl (C=O) groups is 1. The number of amides is 1. The number of fused-ring (bicyclic) bond motifs is 1. The van der Waals surface area contributed by atoms with Crippen LogP contribution in [0.15, 0.2) is 71.7 Å². The molecule has 1 heterocycles. The second-order valence-electron chi connectivity index (χ2n) is 9.39. The van der Waals surface area contributed by atoms with Gasteiger partial charge in [0.25, 0.3) is 0 Å². The number of H-pyrrole nitrogens is 1. The van der Waals surface area contributed by atoms with E-state index in [2.05, 4.69) is 4.98 Å². The van der Waals surface area contributed by atoms with E-state index in [1.807, 2.05) is 30.3 Å². The second-order valence-corrected chi connectivity index (χ2v) is 11.2. The third-order valence-electron chi connectivity index (χ3n) is 6.33. The van der Waals surface area contributed by atoms with Crippen molar-refractivity contribution in [3.63, 3.8) is 0 Å². The third-order valence-corrected chi connectivity index (χ3v) is 7.66. The number of benzene rings is 3. The number of aliphatic imine (C=N–C) groups is 1. The van der Waals surface area contributed by atoms with Gasteiger partial charge in [0.15, 0.2) is 17.4 Å². The van der Waals surface area contributed by atoms with Gasteiger partial charge in [0.05, 0.1) is 48.6 Å². The number of carbonyl (C=O) groups excluding carboxylic acids is 1. The first kappa shape index (κ1) is 27.5. The number of hydrogen-bond donors (Lipinski definition) is 3. The van der Waals surface area contributed by atoms with Gasteiger partial charge in [0.1, 0.15) is 5.54 Å². The van der Waals surface area contributed by atoms with Gasteiger partial charge in [-0.2, -0.15) is 0 Å². The molecule has 0 atom stereocenters. The van der Waals surface area contributed by atoms with Crippen LogP contribution >= 0.6 is 0 Å². The van der Waals surface area contributed by atoms with Crippen LogP contribution in [0.5, 0.6) is 17.4 Å². The van der Waals surface area contributed by atoms with E-state index in [4.69, 9.17) is 20.2 Å². The minimum Gasteiger partial charge on any atom is -0.494 e. The molecular weight excluding hydrogens is 520 g/mol. The van der Waals surface area contributed by atoms with Gasteiger partial charge >= 0.3 is 0 Å². The lowest BCUT2D eigenvalue weighted by Crippen LogP contribution is -2.55. The smallest absolute Gasteiger partial charge is 0.243 e. The number of ether oxygens (including phenoxy) is 2. The van der Waals surface area contributed by atoms with Gasteiger partial charge < -0.3 is 25.3 Å². The van der Waals surface area contributed by atoms with Crippen LogP contribution < -0.4 is 19.5 Å². The molecule has 204 valence electrons. The molecule has 4 rings (SSSR count). The van der Waals surface area contributed by atoms with E-state index in [0.717, 1.165) is 16.1 Å². The maximum absolute atomic E-state index is 12.6. The number of anilines is 1. The summed E-state index contributed by atoms with van der Waals surface area (Å²) >= 11 is 0. The molecule has 3 aromatic carbocycles. The van der Waals surface area contributed by atoms with Crippen LogP contribution in [-0.2, 0) is 14.8 Å². The Morgan fingerprint density at radius 3 is 2.13 bits per heavy atom. The lowest BCUT2D eigenvalue weighted by molar-refractivity contribution is -0.121. The average molecular weight is 551 g/mol. The molecule has 4 N–H and O–H groups in total. The fourth-order valence-corrected chi connectivity index (χ4v) is 5.85. The third kappa shape index (κ3) is 5.26. The van der Waals surface area contributed by atoms with E-state index in [1.165, 1.54) is 28.1 Å². The zero-order valence-electron chi connectivity index (χ0n) is 22.2. The number of aromatic hydroxyl groups is 1. The Morgan fingerprint density at radius 2 is 1.59 bits per heavy atom. The molecule has 0 aliphatic rings. The van der Waals surface area contributed by atoms with Crippen LogP contribution in [0.1, 0.15) is 25.0 Å². The second kappa shape index (κ2) is 10.3. The quantitative estimate of drug-likeness (QED) is 0.268. The molecule has 39 heavy (non-hydrogen) atoms. The monoisotopic (exact) mass is 550 g/mol. The first-order valence-corrected chi connectivity index (χ1v) is 13.7. The topological polar surface area (TPSA) is 147 Å². The standard InChI is InChI=1S/C28H30N4O6S/c1-28(2,27(29)34)32(39(5,35)36)19-13-11-18(12-14-19)30-25(17-9-7-6-8-10-17)24-20-15-22(37-3)23(38-4)16-21(20)31-26(24)33/h6-16,31,33H,1-5H3,(H2,29,34). The van der Waals surface area contributed by atoms with Crippen molar-refractivity contribution in [2.24, 2.45) is 10.7 Å². The Balaban J connectivity index is 1.89. The van der Waals surface area contributed by atoms with Gasteiger partial charge in [-0.1, -0.05) is 30.3 Å². The summed E-state index contributed by atoms with van der Waals surface area (Å²) in [6, 6.07) is 19.2. The summed E-state index contributed by atoms with van der Waals surface area (Å²) in [6.07, 6.45) is 1.01. The number of aromatic nitrogens is 1. The minimum absolute atomic E-state index is 0.0917. The zero-order valence-corrected chi connectivity index (χ0v) is 23.0. The number of aromatic amines is 1. The molecule has 0 aliphatic carbocycles. The number of hydrogen-bond acceptors (Lipinski definition) is 7. The number of nitrogens with two attached hydrogens (primary N) is 1. The number of methoxy groups -OCH3 is 2. The first-order valence-electron chi connectivity index (χ1n) is 11.9. The van der Waals surface area contributed by atoms with E-state index in [0.29, 0.717) is 39.4 Å². The molecule has 11 heteroatoms. The number of nitrogens with zero attached hydrogens (tertiary/aromatic N) is 2. The van der Waals surface area contributed by atoms with E-state index in [9.17, 15) is 18.3 Å². The van der Waals surface area contributed by atoms with Crippen molar-refractivity contribution < 1.29 is 27.8 Å². The maximum Gasteiger partial charge on any atom is 0.243 e. The Morgan fingerprint density at radius 1 is 1.00 bits per heavy atom. The molecule has 1 aromatic heterocycles. The maximum atomic E-state index is 12.6. The van der Waals surface area contributed by atoms with Crippen molar-refractivity contribution in [2.45, 2.75) is 19.4 Å². The van der Waals surface area contributed by atoms with E-state index in [1.54, 1.807) is 36.4 Å². The molecule has 0 saturated carbocycles. The number of sulfonamides is 1. The summed E-state index contributed by atoms with van der Waals surface area (Å²) < 4.78 is 37.0. The highest BCUT2D eigenvalue weighted by atomic mass is 32.2. The molecule has 0 aliphatic heterocycles. The highest BCUT2D eigenvalue weighted by Gasteiger charge is 2.39. The molecule has 0 saturated heterocycles. The van der Waals surface area contributed by atoms with Crippen molar-refractivity contribution in [1.82, 2.24) is 4.98 Å². The fourth-order valence-electron chi connectivity index (χ4n) is 4.43. The van der Waals surface area contributed by atoms with E-state index < -0.39 is 21.5 Å². The zero-order chi connectivity index (χ0) is 28.5. The van der Waals surface area contributed by atoms with Crippen molar-refractivity contribution in [1.29, 1.82) is 0 Å². The molecule has 0 fully saturated rings. The molecular formula is C28H30N4O6S. The van der Waals surface area contributed by atoms with Gasteiger partial charge in [0, 0.05) is 17.0 Å². The lowest BCUT2D eigenvalue weighted by atomic mass is 10.0. The molecule has 1 amide bonds. The van der Waals surface area contributed by atoms with Crippen LogP contribution in [-0.4, -0.2) is 56.1 Å². The highest BCUT2D eigenvalue weighted by Crippen LogP contribution is 2.38. The van der Waals surface area contributed by atoms with Crippen LogP contribution in [0.3, 0.4) is 0 Å². The number of primary amides is 1. The Labute approximate surface area is 226 Å². The molecule has 10 nitrogen and oxygen atoms in total. The summed E-state index contributed by atoms with van der Waals surface area (Å²) in [5.41, 5.74) is 7.03. The van der Waals surface area contributed by atoms with Crippen LogP contribution in [0, 0.1) is 0 Å². The Bertz CT molecular complexity index is 1660. The van der Waals surface area contributed by atoms with Gasteiger partial charge in [-0.25, -0.2) is 13.4 Å². The van der Waals surface area contributed by atoms with Crippen LogP contribution in [0.2, 0.25) is 0 Å². The SMILES string of the molecule is COc1cc2[nH]c(O)c(C(=Nc3ccc(N(C(C)(C)C(N)=O)S(C)(=O)=O)cc3)c3ccccc3)c2cc1OC. The van der Waals surface area contributed by atoms with Gasteiger partial charge in [-0.3, -0.25) is 9.10 Å². The molecule has 0 spiro atoms. The van der Waals surface area contributed by atoms with Gasteiger partial charge in [-0.15, -0.1) is 0 Å². The van der Waals surface area contributed by atoms with Crippen LogP contribution in [0.4, 0.5) is 11.4 Å². The number of nitrogens with one attached hydrogen (secondary N) is 1. The average Bonchev–Trinajstić information content (AvgIpc) is 3.21. The molecule has 0 unspecified atom stereocenters. The Hall–Kier alpha value is -4.51. The first-order chi connectivity index (χ1) is 18.4. The normalized spacial score (nSPS) is 12.4. The van der Waals surface area contributed by atoms with E-state index >= 15 is 0 Å². The fraction of sp³-hybridized carbons (Fsp3) is 0.214. The largest absolute Gasteiger partial charge is 0.494 e. The summed E-state index contributed by atoms with van der Waals surface area (Å²) in [5, 5.41) is 11.6. The van der Waals surface area contributed by atoms with Gasteiger partial charge in [0.2, 0.25) is 15.9 Å². The predicted molar refractivity (Wildman–Crippen MR) is 152 cm³/mol.